The molecule has 0 unspecified atom stereocenters. The minimum absolute atomic E-state index is 0. The predicted octanol–water partition coefficient (Wildman–Crippen LogP) is 5.13. The lowest BCUT2D eigenvalue weighted by atomic mass is 9.94. The maximum atomic E-state index is 5.05. The van der Waals surface area contributed by atoms with Crippen LogP contribution in [0.15, 0.2) is 12.1 Å². The van der Waals surface area contributed by atoms with E-state index in [4.69, 9.17) is 10.1 Å². The summed E-state index contributed by atoms with van der Waals surface area (Å²) in [4.78, 5) is 7.61. The van der Waals surface area contributed by atoms with Crippen molar-refractivity contribution in [2.24, 2.45) is 5.92 Å². The molecular weight excluding hydrogens is 368 g/mol. The molecule has 1 fully saturated rings. The molecule has 3 aromatic rings. The number of aryl methyl sites for hydroxylation is 5. The van der Waals surface area contributed by atoms with Crippen LogP contribution >= 0.6 is 12.4 Å². The topological polar surface area (TPSA) is 33.4 Å². The molecule has 28 heavy (non-hydrogen) atoms. The number of nitrogens with zero attached hydrogens (tertiary/aromatic N) is 4. The number of hydrogen-bond acceptors (Lipinski definition) is 3. The molecule has 2 aromatic heterocycles. The highest BCUT2D eigenvalue weighted by Crippen LogP contribution is 2.40. The lowest BCUT2D eigenvalue weighted by Crippen LogP contribution is -2.25. The number of aromatic nitrogens is 3. The van der Waals surface area contributed by atoms with Crippen molar-refractivity contribution in [2.75, 3.05) is 18.0 Å². The number of benzene rings is 1. The molecule has 1 saturated carbocycles. The number of anilines is 1. The fourth-order valence-electron chi connectivity index (χ4n) is 4.91. The van der Waals surface area contributed by atoms with Gasteiger partial charge in [-0.2, -0.15) is 9.61 Å². The monoisotopic (exact) mass is 396 g/mol. The third kappa shape index (κ3) is 2.89. The van der Waals surface area contributed by atoms with Gasteiger partial charge in [0.05, 0.1) is 11.3 Å². The normalized spacial score (nSPS) is 15.8. The molecule has 0 amide bonds. The first-order valence-electron chi connectivity index (χ1n) is 10.2. The zero-order chi connectivity index (χ0) is 18.9. The van der Waals surface area contributed by atoms with E-state index >= 15 is 0 Å². The summed E-state index contributed by atoms with van der Waals surface area (Å²) in [7, 11) is 0. The zero-order valence-electron chi connectivity index (χ0n) is 17.5. The number of rotatable bonds is 3. The summed E-state index contributed by atoms with van der Waals surface area (Å²) in [6.07, 6.45) is 3.85. The van der Waals surface area contributed by atoms with E-state index in [9.17, 15) is 0 Å². The number of hydrogen-bond donors (Lipinski definition) is 0. The van der Waals surface area contributed by atoms with Crippen LogP contribution in [0.25, 0.3) is 16.8 Å². The third-order valence-corrected chi connectivity index (χ3v) is 6.25. The van der Waals surface area contributed by atoms with Gasteiger partial charge in [0.2, 0.25) is 0 Å². The summed E-state index contributed by atoms with van der Waals surface area (Å²) in [5.74, 6) is 2.17. The largest absolute Gasteiger partial charge is 0.356 e. The first-order chi connectivity index (χ1) is 12.9. The van der Waals surface area contributed by atoms with Crippen LogP contribution in [0.2, 0.25) is 0 Å². The molecule has 1 aromatic carbocycles. The van der Waals surface area contributed by atoms with Crippen molar-refractivity contribution in [2.45, 2.75) is 53.9 Å². The second kappa shape index (κ2) is 6.77. The Morgan fingerprint density at radius 3 is 2.29 bits per heavy atom. The van der Waals surface area contributed by atoms with Crippen molar-refractivity contribution in [3.05, 3.63) is 45.8 Å². The molecule has 5 rings (SSSR count). The summed E-state index contributed by atoms with van der Waals surface area (Å²) in [6.45, 7) is 13.1. The molecule has 5 heteroatoms. The summed E-state index contributed by atoms with van der Waals surface area (Å²) in [5, 5.41) is 5.00. The minimum Gasteiger partial charge on any atom is -0.356 e. The van der Waals surface area contributed by atoms with E-state index in [-0.39, 0.29) is 12.4 Å². The molecule has 4 nitrogen and oxygen atoms in total. The molecule has 1 aliphatic heterocycles. The lowest BCUT2D eigenvalue weighted by molar-refractivity contribution is 0.727. The summed E-state index contributed by atoms with van der Waals surface area (Å²) < 4.78 is 2.14. The van der Waals surface area contributed by atoms with Gasteiger partial charge in [-0.25, -0.2) is 4.98 Å². The summed E-state index contributed by atoms with van der Waals surface area (Å²) in [5.41, 5.74) is 11.1. The van der Waals surface area contributed by atoms with Crippen molar-refractivity contribution in [3.8, 4) is 11.1 Å². The number of halogens is 1. The van der Waals surface area contributed by atoms with E-state index in [1.807, 2.05) is 0 Å². The van der Waals surface area contributed by atoms with E-state index in [1.165, 1.54) is 64.3 Å². The molecule has 0 saturated heterocycles. The predicted molar refractivity (Wildman–Crippen MR) is 118 cm³/mol. The van der Waals surface area contributed by atoms with Crippen molar-refractivity contribution >= 4 is 23.9 Å². The van der Waals surface area contributed by atoms with Gasteiger partial charge in [-0.05, 0) is 76.5 Å². The Labute approximate surface area is 173 Å². The smallest absolute Gasteiger partial charge is 0.165 e. The Morgan fingerprint density at radius 1 is 0.964 bits per heavy atom. The molecule has 3 heterocycles. The molecule has 2 aliphatic rings. The van der Waals surface area contributed by atoms with Crippen LogP contribution in [0, 0.1) is 40.5 Å². The molecule has 0 N–H and O–H groups in total. The van der Waals surface area contributed by atoms with Crippen LogP contribution in [0.3, 0.4) is 0 Å². The highest BCUT2D eigenvalue weighted by molar-refractivity contribution is 5.86. The summed E-state index contributed by atoms with van der Waals surface area (Å²) >= 11 is 0. The first-order valence-corrected chi connectivity index (χ1v) is 10.2. The average Bonchev–Trinajstić information content (AvgIpc) is 3.22. The van der Waals surface area contributed by atoms with E-state index in [0.717, 1.165) is 30.2 Å². The minimum atomic E-state index is 0. The quantitative estimate of drug-likeness (QED) is 0.615. The van der Waals surface area contributed by atoms with E-state index in [1.54, 1.807) is 0 Å². The molecule has 0 atom stereocenters. The summed E-state index contributed by atoms with van der Waals surface area (Å²) in [6, 6.07) is 4.54. The van der Waals surface area contributed by atoms with Crippen LogP contribution < -0.4 is 4.90 Å². The molecule has 148 valence electrons. The van der Waals surface area contributed by atoms with Gasteiger partial charge in [-0.3, -0.25) is 0 Å². The van der Waals surface area contributed by atoms with Crippen molar-refractivity contribution < 1.29 is 0 Å². The van der Waals surface area contributed by atoms with E-state index < -0.39 is 0 Å². The highest BCUT2D eigenvalue weighted by Gasteiger charge is 2.32. The van der Waals surface area contributed by atoms with Crippen LogP contribution in [0.1, 0.15) is 46.5 Å². The Hall–Kier alpha value is -2.07. The van der Waals surface area contributed by atoms with Gasteiger partial charge in [0.25, 0.3) is 0 Å². The van der Waals surface area contributed by atoms with Gasteiger partial charge in [0.15, 0.2) is 5.65 Å². The van der Waals surface area contributed by atoms with Gasteiger partial charge in [-0.15, -0.1) is 12.4 Å². The standard InChI is InChI=1S/C23H28N4.ClH/c1-13-10-14(2)20(15(3)11-13)21-17(5)25-27-22(21)24-16(4)19-8-9-26(23(19)27)12-18-6-7-18;/h10-11,18H,6-9,12H2,1-5H3;1H. The van der Waals surface area contributed by atoms with Crippen molar-refractivity contribution in [3.63, 3.8) is 0 Å². The van der Waals surface area contributed by atoms with Crippen molar-refractivity contribution in [1.82, 2.24) is 14.6 Å². The lowest BCUT2D eigenvalue weighted by Gasteiger charge is -2.20. The van der Waals surface area contributed by atoms with E-state index in [2.05, 4.69) is 56.2 Å². The fourth-order valence-corrected chi connectivity index (χ4v) is 4.91. The van der Waals surface area contributed by atoms with Crippen LogP contribution in [-0.4, -0.2) is 27.7 Å². The van der Waals surface area contributed by atoms with Gasteiger partial charge in [-0.1, -0.05) is 17.7 Å². The van der Waals surface area contributed by atoms with Crippen LogP contribution in [-0.2, 0) is 6.42 Å². The maximum absolute atomic E-state index is 5.05. The Balaban J connectivity index is 0.00000192. The van der Waals surface area contributed by atoms with Crippen LogP contribution in [0.5, 0.6) is 0 Å². The van der Waals surface area contributed by atoms with Crippen molar-refractivity contribution in [1.29, 1.82) is 0 Å². The number of fused-ring (bicyclic) bond motifs is 3. The van der Waals surface area contributed by atoms with Crippen LogP contribution in [0.4, 0.5) is 5.82 Å². The Morgan fingerprint density at radius 2 is 1.64 bits per heavy atom. The second-order valence-corrected chi connectivity index (χ2v) is 8.61. The Kier molecular flexibility index (Phi) is 4.65. The highest BCUT2D eigenvalue weighted by atomic mass is 35.5. The molecule has 0 spiro atoms. The SMILES string of the molecule is Cc1cc(C)c(-c2c(C)nn3c4c(c(C)nc23)CCN4CC2CC2)c(C)c1.Cl. The maximum Gasteiger partial charge on any atom is 0.165 e. The van der Waals surface area contributed by atoms with Gasteiger partial charge < -0.3 is 4.90 Å². The average molecular weight is 397 g/mol. The second-order valence-electron chi connectivity index (χ2n) is 8.61. The third-order valence-electron chi connectivity index (χ3n) is 6.25. The molecule has 0 bridgehead atoms. The Bertz CT molecular complexity index is 1060. The fraction of sp³-hybridized carbons (Fsp3) is 0.478. The van der Waals surface area contributed by atoms with Gasteiger partial charge >= 0.3 is 0 Å². The van der Waals surface area contributed by atoms with Gasteiger partial charge in [0, 0.05) is 24.3 Å². The van der Waals surface area contributed by atoms with E-state index in [0.29, 0.717) is 0 Å². The van der Waals surface area contributed by atoms with Gasteiger partial charge in [0.1, 0.15) is 5.82 Å². The molecule has 1 aliphatic carbocycles. The molecule has 0 radical (unpaired) electrons. The zero-order valence-corrected chi connectivity index (χ0v) is 18.3. The molecular formula is C23H29ClN4. The first kappa shape index (κ1) is 19.3.